The highest BCUT2D eigenvalue weighted by atomic mass is 16.3. The Bertz CT molecular complexity index is 591. The van der Waals surface area contributed by atoms with Crippen molar-refractivity contribution in [2.45, 2.75) is 66.4 Å². The van der Waals surface area contributed by atoms with Gasteiger partial charge in [0.1, 0.15) is 5.69 Å². The number of allylic oxidation sites excluding steroid dienone is 2. The van der Waals surface area contributed by atoms with Crippen LogP contribution in [0.4, 0.5) is 5.69 Å². The van der Waals surface area contributed by atoms with E-state index in [0.717, 1.165) is 30.6 Å². The lowest BCUT2D eigenvalue weighted by molar-refractivity contribution is 0.0541. The molecule has 26 heavy (non-hydrogen) atoms. The number of carbonyl (C=O) groups is 1. The van der Waals surface area contributed by atoms with Crippen LogP contribution in [0.3, 0.4) is 0 Å². The van der Waals surface area contributed by atoms with E-state index in [1.165, 1.54) is 5.57 Å². The number of carbonyl (C=O) groups excluding carboxylic acids is 1. The van der Waals surface area contributed by atoms with Gasteiger partial charge in [-0.3, -0.25) is 9.78 Å². The normalized spacial score (nSPS) is 15.3. The van der Waals surface area contributed by atoms with E-state index in [0.29, 0.717) is 31.6 Å². The molecule has 2 N–H and O–H groups in total. The van der Waals surface area contributed by atoms with Crippen molar-refractivity contribution >= 4 is 17.2 Å². The van der Waals surface area contributed by atoms with Gasteiger partial charge in [0, 0.05) is 37.1 Å². The van der Waals surface area contributed by atoms with Gasteiger partial charge < -0.3 is 15.3 Å². The van der Waals surface area contributed by atoms with Crippen molar-refractivity contribution in [1.82, 2.24) is 9.88 Å². The summed E-state index contributed by atoms with van der Waals surface area (Å²) >= 11 is 0. The van der Waals surface area contributed by atoms with E-state index >= 15 is 0 Å². The average molecular weight is 362 g/mol. The molecule has 2 heterocycles. The van der Waals surface area contributed by atoms with Crippen molar-refractivity contribution in [3.05, 3.63) is 29.6 Å². The number of hydrogen-bond donors (Lipinski definition) is 2. The number of hydrogen-bond acceptors (Lipinski definition) is 4. The second-order valence-electron chi connectivity index (χ2n) is 6.34. The summed E-state index contributed by atoms with van der Waals surface area (Å²) in [5.74, 6) is -0.0530. The molecule has 5 heteroatoms. The zero-order valence-corrected chi connectivity index (χ0v) is 17.0. The maximum Gasteiger partial charge on any atom is 0.272 e. The largest absolute Gasteiger partial charge is 0.393 e. The lowest BCUT2D eigenvalue weighted by atomic mass is 10.0. The Balaban J connectivity index is 0.00000163. The van der Waals surface area contributed by atoms with E-state index in [9.17, 15) is 9.90 Å². The van der Waals surface area contributed by atoms with Gasteiger partial charge in [-0.2, -0.15) is 0 Å². The molecule has 1 aromatic heterocycles. The molecule has 5 nitrogen and oxygen atoms in total. The van der Waals surface area contributed by atoms with E-state index in [4.69, 9.17) is 0 Å². The smallest absolute Gasteiger partial charge is 0.272 e. The van der Waals surface area contributed by atoms with Crippen LogP contribution in [0.5, 0.6) is 0 Å². The number of likely N-dealkylation sites (tertiary alicyclic amines) is 1. The molecule has 1 fully saturated rings. The predicted octanol–water partition coefficient (Wildman–Crippen LogP) is 4.34. The molecule has 0 aliphatic carbocycles. The number of piperidine rings is 1. The number of aromatic nitrogens is 1. The fourth-order valence-corrected chi connectivity index (χ4v) is 2.93. The Labute approximate surface area is 158 Å². The van der Waals surface area contributed by atoms with Crippen LogP contribution >= 0.6 is 0 Å². The van der Waals surface area contributed by atoms with Gasteiger partial charge in [-0.25, -0.2) is 0 Å². The zero-order valence-electron chi connectivity index (χ0n) is 17.0. The fourth-order valence-electron chi connectivity index (χ4n) is 2.93. The number of unbranched alkanes of at least 4 members (excludes halogenated alkanes) is 1. The Morgan fingerprint density at radius 1 is 1.35 bits per heavy atom. The van der Waals surface area contributed by atoms with Crippen LogP contribution in [0.2, 0.25) is 0 Å². The third kappa shape index (κ3) is 6.13. The van der Waals surface area contributed by atoms with Crippen LogP contribution < -0.4 is 5.32 Å². The van der Waals surface area contributed by atoms with Gasteiger partial charge in [0.15, 0.2) is 0 Å². The third-order valence-corrected chi connectivity index (χ3v) is 4.41. The molecule has 1 amide bonds. The molecule has 1 aliphatic rings. The highest BCUT2D eigenvalue weighted by molar-refractivity contribution is 5.94. The maximum absolute atomic E-state index is 12.7. The highest BCUT2D eigenvalue weighted by Gasteiger charge is 2.23. The molecule has 0 spiro atoms. The van der Waals surface area contributed by atoms with E-state index in [2.05, 4.69) is 30.2 Å². The topological polar surface area (TPSA) is 65.5 Å². The van der Waals surface area contributed by atoms with E-state index in [-0.39, 0.29) is 12.0 Å². The molecule has 0 atom stereocenters. The predicted molar refractivity (Wildman–Crippen MR) is 109 cm³/mol. The maximum atomic E-state index is 12.7. The lowest BCUT2D eigenvalue weighted by Gasteiger charge is -2.29. The molecular formula is C21H35N3O2. The van der Waals surface area contributed by atoms with Crippen LogP contribution in [0, 0.1) is 0 Å². The number of aliphatic hydroxyl groups is 1. The average Bonchev–Trinajstić information content (AvgIpc) is 2.68. The summed E-state index contributed by atoms with van der Waals surface area (Å²) in [6, 6.07) is 1.86. The van der Waals surface area contributed by atoms with Crippen LogP contribution in [0.25, 0.3) is 5.57 Å². The first-order valence-electron chi connectivity index (χ1n) is 9.95. The molecule has 1 aromatic rings. The SMILES string of the molecule is CC.CCC/C=C(/C)c1cnc(C(=O)N2CCC(O)CC2)cc1NCC. The van der Waals surface area contributed by atoms with Crippen LogP contribution in [-0.2, 0) is 0 Å². The first-order chi connectivity index (χ1) is 12.6. The van der Waals surface area contributed by atoms with Crippen molar-refractivity contribution in [2.24, 2.45) is 0 Å². The molecule has 0 bridgehead atoms. The summed E-state index contributed by atoms with van der Waals surface area (Å²) in [4.78, 5) is 18.8. The molecule has 1 saturated heterocycles. The van der Waals surface area contributed by atoms with Gasteiger partial charge in [-0.15, -0.1) is 0 Å². The minimum absolute atomic E-state index is 0.0530. The Morgan fingerprint density at radius 2 is 2.00 bits per heavy atom. The van der Waals surface area contributed by atoms with Crippen LogP contribution in [0.1, 0.15) is 76.4 Å². The lowest BCUT2D eigenvalue weighted by Crippen LogP contribution is -2.40. The molecule has 1 aliphatic heterocycles. The van der Waals surface area contributed by atoms with Crippen molar-refractivity contribution < 1.29 is 9.90 Å². The number of anilines is 1. The second-order valence-corrected chi connectivity index (χ2v) is 6.34. The standard InChI is InChI=1S/C19H29N3O2.C2H6/c1-4-6-7-14(3)16-13-21-18(12-17(16)20-5-2)19(24)22-10-8-15(23)9-11-22;1-2/h7,12-13,15,23H,4-6,8-11H2,1-3H3,(H,20,21);1-2H3/b14-7-;. The van der Waals surface area contributed by atoms with Gasteiger partial charge >= 0.3 is 0 Å². The van der Waals surface area contributed by atoms with Crippen LogP contribution in [0.15, 0.2) is 18.3 Å². The minimum atomic E-state index is -0.284. The molecular weight excluding hydrogens is 326 g/mol. The number of pyridine rings is 1. The second kappa shape index (κ2) is 11.7. The monoisotopic (exact) mass is 361 g/mol. The van der Waals surface area contributed by atoms with Crippen LogP contribution in [-0.4, -0.2) is 46.6 Å². The molecule has 0 saturated carbocycles. The number of rotatable bonds is 6. The number of nitrogens with one attached hydrogen (secondary N) is 1. The van der Waals surface area contributed by atoms with Crippen molar-refractivity contribution in [1.29, 1.82) is 0 Å². The summed E-state index contributed by atoms with van der Waals surface area (Å²) in [5, 5.41) is 12.9. The van der Waals surface area contributed by atoms with Gasteiger partial charge in [0.2, 0.25) is 0 Å². The van der Waals surface area contributed by atoms with Gasteiger partial charge in [-0.05, 0) is 44.7 Å². The molecule has 2 rings (SSSR count). The Morgan fingerprint density at radius 3 is 2.58 bits per heavy atom. The Hall–Kier alpha value is -1.88. The van der Waals surface area contributed by atoms with Crippen molar-refractivity contribution in [2.75, 3.05) is 25.0 Å². The highest BCUT2D eigenvalue weighted by Crippen LogP contribution is 2.25. The van der Waals surface area contributed by atoms with Gasteiger partial charge in [0.05, 0.1) is 6.10 Å². The molecule has 0 aromatic carbocycles. The summed E-state index contributed by atoms with van der Waals surface area (Å²) in [6.07, 6.45) is 7.16. The number of nitrogens with zero attached hydrogens (tertiary/aromatic N) is 2. The van der Waals surface area contributed by atoms with E-state index in [1.54, 1.807) is 11.1 Å². The zero-order chi connectivity index (χ0) is 19.5. The molecule has 0 unspecified atom stereocenters. The molecule has 146 valence electrons. The summed E-state index contributed by atoms with van der Waals surface area (Å²) in [6.45, 7) is 12.3. The first-order valence-corrected chi connectivity index (χ1v) is 9.95. The number of aliphatic hydroxyl groups excluding tert-OH is 1. The Kier molecular flexibility index (Phi) is 9.96. The number of amides is 1. The van der Waals surface area contributed by atoms with E-state index in [1.807, 2.05) is 26.8 Å². The summed E-state index contributed by atoms with van der Waals surface area (Å²) < 4.78 is 0. The van der Waals surface area contributed by atoms with E-state index < -0.39 is 0 Å². The molecule has 0 radical (unpaired) electrons. The third-order valence-electron chi connectivity index (χ3n) is 4.41. The minimum Gasteiger partial charge on any atom is -0.393 e. The first kappa shape index (κ1) is 22.2. The van der Waals surface area contributed by atoms with Crippen molar-refractivity contribution in [3.8, 4) is 0 Å². The summed E-state index contributed by atoms with van der Waals surface area (Å²) in [5.41, 5.74) is 3.66. The van der Waals surface area contributed by atoms with Gasteiger partial charge in [-0.1, -0.05) is 33.3 Å². The summed E-state index contributed by atoms with van der Waals surface area (Å²) in [7, 11) is 0. The van der Waals surface area contributed by atoms with Gasteiger partial charge in [0.25, 0.3) is 5.91 Å². The quantitative estimate of drug-likeness (QED) is 0.791. The van der Waals surface area contributed by atoms with Crippen molar-refractivity contribution in [3.63, 3.8) is 0 Å². The fraction of sp³-hybridized carbons (Fsp3) is 0.619.